The monoisotopic (exact) mass is 206 g/mol. The molecule has 1 saturated carbocycles. The summed E-state index contributed by atoms with van der Waals surface area (Å²) in [5.41, 5.74) is 1.24. The van der Waals surface area contributed by atoms with Crippen LogP contribution in [0.4, 0.5) is 5.95 Å². The summed E-state index contributed by atoms with van der Waals surface area (Å²) >= 11 is 0. The molecule has 1 aliphatic carbocycles. The van der Waals surface area contributed by atoms with E-state index < -0.39 is 0 Å². The van der Waals surface area contributed by atoms with Crippen molar-refractivity contribution in [3.63, 3.8) is 0 Å². The lowest BCUT2D eigenvalue weighted by atomic mass is 10.3. The van der Waals surface area contributed by atoms with Gasteiger partial charge in [0.2, 0.25) is 5.95 Å². The highest BCUT2D eigenvalue weighted by atomic mass is 15.4. The Labute approximate surface area is 90.4 Å². The maximum atomic E-state index is 4.41. The smallest absolute Gasteiger partial charge is 0.242 e. The number of allylic oxidation sites excluding steroid dienone is 1. The Hall–Kier alpha value is -1.32. The van der Waals surface area contributed by atoms with Crippen LogP contribution in [0.15, 0.2) is 5.57 Å². The molecular formula is C11H18N4. The van der Waals surface area contributed by atoms with E-state index in [2.05, 4.69) is 29.2 Å². The molecule has 1 aromatic heterocycles. The molecule has 1 heterocycles. The third-order valence-corrected chi connectivity index (χ3v) is 2.46. The van der Waals surface area contributed by atoms with Gasteiger partial charge in [-0.2, -0.15) is 4.98 Å². The topological polar surface area (TPSA) is 42.7 Å². The van der Waals surface area contributed by atoms with Gasteiger partial charge in [0.15, 0.2) is 5.82 Å². The Morgan fingerprint density at radius 1 is 1.53 bits per heavy atom. The van der Waals surface area contributed by atoms with Gasteiger partial charge in [0, 0.05) is 13.6 Å². The summed E-state index contributed by atoms with van der Waals surface area (Å²) in [5, 5.41) is 7.58. The number of rotatable bonds is 4. The normalized spacial score (nSPS) is 15.1. The molecule has 0 atom stereocenters. The Morgan fingerprint density at radius 2 is 2.27 bits per heavy atom. The van der Waals surface area contributed by atoms with Crippen molar-refractivity contribution in [3.8, 4) is 0 Å². The lowest BCUT2D eigenvalue weighted by Crippen LogP contribution is -2.04. The summed E-state index contributed by atoms with van der Waals surface area (Å²) in [4.78, 5) is 4.41. The predicted octanol–water partition coefficient (Wildman–Crippen LogP) is 2.06. The van der Waals surface area contributed by atoms with Gasteiger partial charge in [-0.3, -0.25) is 0 Å². The molecule has 0 radical (unpaired) electrons. The average molecular weight is 206 g/mol. The van der Waals surface area contributed by atoms with Crippen LogP contribution in [0.1, 0.15) is 32.5 Å². The van der Waals surface area contributed by atoms with Gasteiger partial charge in [-0.15, -0.1) is 5.10 Å². The second-order valence-corrected chi connectivity index (χ2v) is 4.46. The molecule has 1 aliphatic rings. The van der Waals surface area contributed by atoms with Gasteiger partial charge in [0.1, 0.15) is 0 Å². The molecule has 1 fully saturated rings. The van der Waals surface area contributed by atoms with Crippen molar-refractivity contribution >= 4 is 12.0 Å². The molecule has 0 unspecified atom stereocenters. The van der Waals surface area contributed by atoms with Crippen LogP contribution >= 0.6 is 0 Å². The molecular weight excluding hydrogens is 188 g/mol. The van der Waals surface area contributed by atoms with Crippen molar-refractivity contribution in [3.05, 3.63) is 11.4 Å². The quantitative estimate of drug-likeness (QED) is 0.820. The second-order valence-electron chi connectivity index (χ2n) is 4.46. The zero-order valence-electron chi connectivity index (χ0n) is 9.62. The zero-order valence-corrected chi connectivity index (χ0v) is 9.62. The number of hydrogen-bond acceptors (Lipinski definition) is 3. The van der Waals surface area contributed by atoms with Crippen LogP contribution in [-0.4, -0.2) is 21.3 Å². The van der Waals surface area contributed by atoms with Gasteiger partial charge >= 0.3 is 0 Å². The molecule has 4 heteroatoms. The first-order valence-corrected chi connectivity index (χ1v) is 5.45. The minimum absolute atomic E-state index is 0.747. The van der Waals surface area contributed by atoms with Gasteiger partial charge in [0.05, 0.1) is 0 Å². The molecule has 0 bridgehead atoms. The van der Waals surface area contributed by atoms with E-state index in [1.54, 1.807) is 0 Å². The van der Waals surface area contributed by atoms with Gasteiger partial charge < -0.3 is 5.32 Å². The molecule has 0 spiro atoms. The molecule has 0 amide bonds. The fourth-order valence-electron chi connectivity index (χ4n) is 1.41. The van der Waals surface area contributed by atoms with Crippen LogP contribution in [0.5, 0.6) is 0 Å². The average Bonchev–Trinajstić information content (AvgIpc) is 2.90. The van der Waals surface area contributed by atoms with Crippen molar-refractivity contribution in [1.29, 1.82) is 0 Å². The third kappa shape index (κ3) is 2.81. The number of anilines is 1. The van der Waals surface area contributed by atoms with Crippen molar-refractivity contribution < 1.29 is 0 Å². The zero-order chi connectivity index (χ0) is 10.8. The summed E-state index contributed by atoms with van der Waals surface area (Å²) in [6.07, 6.45) is 4.73. The fourth-order valence-corrected chi connectivity index (χ4v) is 1.41. The molecule has 2 rings (SSSR count). The van der Waals surface area contributed by atoms with E-state index in [1.807, 2.05) is 17.8 Å². The largest absolute Gasteiger partial charge is 0.353 e. The number of aryl methyl sites for hydroxylation is 1. The van der Waals surface area contributed by atoms with Crippen LogP contribution < -0.4 is 5.32 Å². The second kappa shape index (κ2) is 4.04. The van der Waals surface area contributed by atoms with Gasteiger partial charge in [0.25, 0.3) is 0 Å². The maximum Gasteiger partial charge on any atom is 0.242 e. The molecule has 1 aromatic rings. The van der Waals surface area contributed by atoms with Crippen LogP contribution in [0.2, 0.25) is 0 Å². The Bertz CT molecular complexity index is 370. The summed E-state index contributed by atoms with van der Waals surface area (Å²) in [7, 11) is 1.92. The Morgan fingerprint density at radius 3 is 2.87 bits per heavy atom. The number of aromatic nitrogens is 3. The van der Waals surface area contributed by atoms with E-state index in [1.165, 1.54) is 18.4 Å². The van der Waals surface area contributed by atoms with Crippen LogP contribution in [0.3, 0.4) is 0 Å². The first-order valence-electron chi connectivity index (χ1n) is 5.45. The minimum Gasteiger partial charge on any atom is -0.353 e. The van der Waals surface area contributed by atoms with E-state index in [0.717, 1.165) is 24.2 Å². The molecule has 0 aromatic carbocycles. The van der Waals surface area contributed by atoms with Crippen LogP contribution in [-0.2, 0) is 7.05 Å². The lowest BCUT2D eigenvalue weighted by molar-refractivity contribution is 0.754. The molecule has 15 heavy (non-hydrogen) atoms. The maximum absolute atomic E-state index is 4.41. The number of nitrogens with zero attached hydrogens (tertiary/aromatic N) is 3. The number of nitrogens with one attached hydrogen (secondary N) is 1. The third-order valence-electron chi connectivity index (χ3n) is 2.46. The SMILES string of the molecule is CC(C)=Cc1nc(NCC2CC2)nn1C. The first kappa shape index (κ1) is 10.2. The van der Waals surface area contributed by atoms with E-state index in [-0.39, 0.29) is 0 Å². The lowest BCUT2D eigenvalue weighted by Gasteiger charge is -1.96. The van der Waals surface area contributed by atoms with E-state index in [0.29, 0.717) is 0 Å². The van der Waals surface area contributed by atoms with E-state index in [9.17, 15) is 0 Å². The van der Waals surface area contributed by atoms with Gasteiger partial charge in [-0.1, -0.05) is 5.57 Å². The Balaban J connectivity index is 2.02. The summed E-state index contributed by atoms with van der Waals surface area (Å²) in [5.74, 6) is 2.51. The Kier molecular flexibility index (Phi) is 2.75. The van der Waals surface area contributed by atoms with E-state index in [4.69, 9.17) is 0 Å². The van der Waals surface area contributed by atoms with Gasteiger partial charge in [-0.25, -0.2) is 4.68 Å². The summed E-state index contributed by atoms with van der Waals surface area (Å²) in [6.45, 7) is 5.14. The van der Waals surface area contributed by atoms with Crippen molar-refractivity contribution in [2.24, 2.45) is 13.0 Å². The van der Waals surface area contributed by atoms with Crippen molar-refractivity contribution in [2.75, 3.05) is 11.9 Å². The highest BCUT2D eigenvalue weighted by Gasteiger charge is 2.21. The number of hydrogen-bond donors (Lipinski definition) is 1. The molecule has 82 valence electrons. The standard InChI is InChI=1S/C11H18N4/c1-8(2)6-10-13-11(14-15(10)3)12-7-9-4-5-9/h6,9H,4-5,7H2,1-3H3,(H,12,14). The van der Waals surface area contributed by atoms with E-state index >= 15 is 0 Å². The minimum atomic E-state index is 0.747. The van der Waals surface area contributed by atoms with Gasteiger partial charge in [-0.05, 0) is 38.7 Å². The fraction of sp³-hybridized carbons (Fsp3) is 0.636. The highest BCUT2D eigenvalue weighted by molar-refractivity contribution is 5.46. The molecule has 1 N–H and O–H groups in total. The summed E-state index contributed by atoms with van der Waals surface area (Å²) < 4.78 is 1.81. The van der Waals surface area contributed by atoms with Crippen molar-refractivity contribution in [1.82, 2.24) is 14.8 Å². The molecule has 0 saturated heterocycles. The molecule has 0 aliphatic heterocycles. The molecule has 4 nitrogen and oxygen atoms in total. The van der Waals surface area contributed by atoms with Crippen LogP contribution in [0, 0.1) is 5.92 Å². The summed E-state index contributed by atoms with van der Waals surface area (Å²) in [6, 6.07) is 0. The van der Waals surface area contributed by atoms with Crippen molar-refractivity contribution in [2.45, 2.75) is 26.7 Å². The first-order chi connectivity index (χ1) is 7.15. The highest BCUT2D eigenvalue weighted by Crippen LogP contribution is 2.28. The predicted molar refractivity (Wildman–Crippen MR) is 61.5 cm³/mol. The van der Waals surface area contributed by atoms with Crippen LogP contribution in [0.25, 0.3) is 6.08 Å².